The van der Waals surface area contributed by atoms with Gasteiger partial charge < -0.3 is 15.5 Å². The van der Waals surface area contributed by atoms with Crippen LogP contribution in [0.15, 0.2) is 0 Å². The molecule has 16 heavy (non-hydrogen) atoms. The van der Waals surface area contributed by atoms with E-state index < -0.39 is 0 Å². The molecule has 1 unspecified atom stereocenters. The maximum absolute atomic E-state index is 3.59. The topological polar surface area (TPSA) is 27.3 Å². The summed E-state index contributed by atoms with van der Waals surface area (Å²) >= 11 is 0. The summed E-state index contributed by atoms with van der Waals surface area (Å²) in [6.45, 7) is 10.7. The zero-order valence-electron chi connectivity index (χ0n) is 11.5. The number of rotatable bonds is 7. The van der Waals surface area contributed by atoms with Crippen LogP contribution in [0.5, 0.6) is 0 Å². The molecule has 1 heterocycles. The van der Waals surface area contributed by atoms with Gasteiger partial charge in [-0.05, 0) is 57.9 Å². The molecule has 1 aliphatic heterocycles. The van der Waals surface area contributed by atoms with E-state index in [-0.39, 0.29) is 0 Å². The molecule has 0 saturated carbocycles. The fourth-order valence-corrected chi connectivity index (χ4v) is 2.52. The Labute approximate surface area is 101 Å². The Balaban J connectivity index is 2.18. The van der Waals surface area contributed by atoms with Crippen molar-refractivity contribution in [1.29, 1.82) is 0 Å². The molecule has 0 spiro atoms. The molecule has 0 amide bonds. The van der Waals surface area contributed by atoms with Crippen molar-refractivity contribution in [2.24, 2.45) is 11.3 Å². The highest BCUT2D eigenvalue weighted by Crippen LogP contribution is 2.32. The molecule has 0 aliphatic carbocycles. The normalized spacial score (nSPS) is 22.9. The standard InChI is InChI=1S/C13H29N3/c1-13(2,11-15-8-5-7-14-3)12-6-9-16(4)10-12/h12,14-15H,5-11H2,1-4H3. The van der Waals surface area contributed by atoms with E-state index in [1.165, 1.54) is 25.9 Å². The van der Waals surface area contributed by atoms with Crippen LogP contribution in [-0.2, 0) is 0 Å². The molecule has 0 bridgehead atoms. The predicted molar refractivity (Wildman–Crippen MR) is 70.8 cm³/mol. The van der Waals surface area contributed by atoms with Gasteiger partial charge >= 0.3 is 0 Å². The third-order valence-electron chi connectivity index (χ3n) is 3.86. The Morgan fingerprint density at radius 1 is 1.31 bits per heavy atom. The first kappa shape index (κ1) is 13.9. The van der Waals surface area contributed by atoms with Gasteiger partial charge in [-0.1, -0.05) is 13.8 Å². The fraction of sp³-hybridized carbons (Fsp3) is 1.00. The minimum Gasteiger partial charge on any atom is -0.320 e. The van der Waals surface area contributed by atoms with Gasteiger partial charge in [0.05, 0.1) is 0 Å². The molecule has 0 aromatic carbocycles. The number of hydrogen-bond donors (Lipinski definition) is 2. The van der Waals surface area contributed by atoms with Crippen molar-refractivity contribution in [3.8, 4) is 0 Å². The first-order chi connectivity index (χ1) is 7.56. The van der Waals surface area contributed by atoms with Crippen LogP contribution in [0.25, 0.3) is 0 Å². The average molecular weight is 227 g/mol. The molecule has 1 aliphatic rings. The van der Waals surface area contributed by atoms with Crippen molar-refractivity contribution in [2.75, 3.05) is 46.8 Å². The van der Waals surface area contributed by atoms with E-state index in [1.54, 1.807) is 0 Å². The van der Waals surface area contributed by atoms with Gasteiger partial charge in [0.1, 0.15) is 0 Å². The molecule has 0 aromatic rings. The van der Waals surface area contributed by atoms with Crippen molar-refractivity contribution in [1.82, 2.24) is 15.5 Å². The Morgan fingerprint density at radius 3 is 2.62 bits per heavy atom. The lowest BCUT2D eigenvalue weighted by molar-refractivity contribution is 0.206. The number of likely N-dealkylation sites (tertiary alicyclic amines) is 1. The van der Waals surface area contributed by atoms with Crippen molar-refractivity contribution in [2.45, 2.75) is 26.7 Å². The zero-order valence-corrected chi connectivity index (χ0v) is 11.5. The molecular weight excluding hydrogens is 198 g/mol. The van der Waals surface area contributed by atoms with Gasteiger partial charge in [-0.25, -0.2) is 0 Å². The summed E-state index contributed by atoms with van der Waals surface area (Å²) in [4.78, 5) is 2.45. The van der Waals surface area contributed by atoms with Gasteiger partial charge in [-0.2, -0.15) is 0 Å². The highest BCUT2D eigenvalue weighted by atomic mass is 15.1. The first-order valence-corrected chi connectivity index (χ1v) is 6.60. The van der Waals surface area contributed by atoms with Crippen LogP contribution in [0.2, 0.25) is 0 Å². The maximum Gasteiger partial charge on any atom is 0.00127 e. The van der Waals surface area contributed by atoms with Crippen LogP contribution >= 0.6 is 0 Å². The van der Waals surface area contributed by atoms with E-state index in [9.17, 15) is 0 Å². The molecule has 1 rings (SSSR count). The zero-order chi connectivity index (χ0) is 12.0. The van der Waals surface area contributed by atoms with Crippen molar-refractivity contribution >= 4 is 0 Å². The summed E-state index contributed by atoms with van der Waals surface area (Å²) in [7, 11) is 4.24. The second-order valence-corrected chi connectivity index (χ2v) is 5.87. The smallest absolute Gasteiger partial charge is 0.00127 e. The third-order valence-corrected chi connectivity index (χ3v) is 3.86. The number of hydrogen-bond acceptors (Lipinski definition) is 3. The SMILES string of the molecule is CNCCCNCC(C)(C)C1CCN(C)C1. The first-order valence-electron chi connectivity index (χ1n) is 6.60. The van der Waals surface area contributed by atoms with E-state index in [0.29, 0.717) is 5.41 Å². The van der Waals surface area contributed by atoms with Crippen LogP contribution in [-0.4, -0.2) is 51.7 Å². The van der Waals surface area contributed by atoms with Gasteiger partial charge in [-0.15, -0.1) is 0 Å². The van der Waals surface area contributed by atoms with Crippen LogP contribution in [0.1, 0.15) is 26.7 Å². The quantitative estimate of drug-likeness (QED) is 0.639. The largest absolute Gasteiger partial charge is 0.320 e. The second kappa shape index (κ2) is 6.58. The van der Waals surface area contributed by atoms with Crippen LogP contribution in [0.3, 0.4) is 0 Å². The molecule has 0 aromatic heterocycles. The van der Waals surface area contributed by atoms with Gasteiger partial charge in [0, 0.05) is 13.1 Å². The van der Waals surface area contributed by atoms with E-state index in [2.05, 4.69) is 36.4 Å². The lowest BCUT2D eigenvalue weighted by Gasteiger charge is -2.32. The average Bonchev–Trinajstić information content (AvgIpc) is 2.65. The third kappa shape index (κ3) is 4.40. The van der Waals surface area contributed by atoms with E-state index in [4.69, 9.17) is 0 Å². The van der Waals surface area contributed by atoms with E-state index in [1.807, 2.05) is 7.05 Å². The molecule has 2 N–H and O–H groups in total. The van der Waals surface area contributed by atoms with Crippen molar-refractivity contribution in [3.05, 3.63) is 0 Å². The van der Waals surface area contributed by atoms with Crippen molar-refractivity contribution in [3.63, 3.8) is 0 Å². The van der Waals surface area contributed by atoms with Gasteiger partial charge in [0.15, 0.2) is 0 Å². The fourth-order valence-electron chi connectivity index (χ4n) is 2.52. The number of nitrogens with zero attached hydrogens (tertiary/aromatic N) is 1. The molecule has 1 saturated heterocycles. The Bertz CT molecular complexity index is 192. The van der Waals surface area contributed by atoms with Crippen LogP contribution < -0.4 is 10.6 Å². The summed E-state index contributed by atoms with van der Waals surface area (Å²) in [6, 6.07) is 0. The highest BCUT2D eigenvalue weighted by Gasteiger charge is 2.33. The van der Waals surface area contributed by atoms with E-state index in [0.717, 1.165) is 25.6 Å². The highest BCUT2D eigenvalue weighted by molar-refractivity contribution is 4.86. The Kier molecular flexibility index (Phi) is 5.73. The second-order valence-electron chi connectivity index (χ2n) is 5.87. The van der Waals surface area contributed by atoms with E-state index >= 15 is 0 Å². The van der Waals surface area contributed by atoms with Gasteiger partial charge in [0.2, 0.25) is 0 Å². The minimum atomic E-state index is 0.435. The van der Waals surface area contributed by atoms with Crippen LogP contribution in [0, 0.1) is 11.3 Å². The lowest BCUT2D eigenvalue weighted by atomic mass is 9.78. The van der Waals surface area contributed by atoms with Gasteiger partial charge in [-0.3, -0.25) is 0 Å². The predicted octanol–water partition coefficient (Wildman–Crippen LogP) is 1.16. The lowest BCUT2D eigenvalue weighted by Crippen LogP contribution is -2.37. The molecule has 1 fully saturated rings. The molecule has 96 valence electrons. The minimum absolute atomic E-state index is 0.435. The molecule has 3 heteroatoms. The molecule has 3 nitrogen and oxygen atoms in total. The van der Waals surface area contributed by atoms with Crippen molar-refractivity contribution < 1.29 is 0 Å². The van der Waals surface area contributed by atoms with Gasteiger partial charge in [0.25, 0.3) is 0 Å². The maximum atomic E-state index is 3.59. The summed E-state index contributed by atoms with van der Waals surface area (Å²) in [5, 5.41) is 6.77. The Hall–Kier alpha value is -0.120. The summed E-state index contributed by atoms with van der Waals surface area (Å²) in [5.41, 5.74) is 0.435. The molecule has 1 atom stereocenters. The summed E-state index contributed by atoms with van der Waals surface area (Å²) in [5.74, 6) is 0.856. The monoisotopic (exact) mass is 227 g/mol. The summed E-state index contributed by atoms with van der Waals surface area (Å²) < 4.78 is 0. The molecular formula is C13H29N3. The Morgan fingerprint density at radius 2 is 2.06 bits per heavy atom. The summed E-state index contributed by atoms with van der Waals surface area (Å²) in [6.07, 6.45) is 2.58. The van der Waals surface area contributed by atoms with Crippen LogP contribution in [0.4, 0.5) is 0 Å². The molecule has 0 radical (unpaired) electrons. The number of nitrogens with one attached hydrogen (secondary N) is 2.